The summed E-state index contributed by atoms with van der Waals surface area (Å²) in [5, 5.41) is 54.9. The molecule has 0 spiro atoms. The minimum absolute atomic E-state index is 0.306. The zero-order chi connectivity index (χ0) is 13.0. The minimum atomic E-state index is -1.52. The molecule has 8 nitrogen and oxygen atoms in total. The van der Waals surface area contributed by atoms with Gasteiger partial charge in [-0.1, -0.05) is 0 Å². The average molecular weight is 254 g/mol. The Kier molecular flexibility index (Phi) is 5.70. The second-order valence-electron chi connectivity index (χ2n) is 3.87. The molecule has 6 atom stereocenters. The summed E-state index contributed by atoms with van der Waals surface area (Å²) in [6, 6.07) is 0. The highest BCUT2D eigenvalue weighted by molar-refractivity contribution is 4.88. The fourth-order valence-electron chi connectivity index (χ4n) is 1.46. The van der Waals surface area contributed by atoms with Crippen LogP contribution in [0.4, 0.5) is 0 Å². The van der Waals surface area contributed by atoms with Crippen molar-refractivity contribution in [1.82, 2.24) is 0 Å². The lowest BCUT2D eigenvalue weighted by Crippen LogP contribution is -2.59. The van der Waals surface area contributed by atoms with Crippen LogP contribution in [0, 0.1) is 0 Å². The van der Waals surface area contributed by atoms with Crippen LogP contribution in [0.3, 0.4) is 0 Å². The van der Waals surface area contributed by atoms with Gasteiger partial charge in [-0.2, -0.15) is 0 Å². The van der Waals surface area contributed by atoms with E-state index in [0.29, 0.717) is 0 Å². The van der Waals surface area contributed by atoms with Crippen molar-refractivity contribution < 1.29 is 40.1 Å². The van der Waals surface area contributed by atoms with E-state index in [-0.39, 0.29) is 6.61 Å². The topological polar surface area (TPSA) is 140 Å². The lowest BCUT2D eigenvalue weighted by atomic mass is 9.99. The van der Waals surface area contributed by atoms with Gasteiger partial charge in [-0.05, 0) is 0 Å². The zero-order valence-corrected chi connectivity index (χ0v) is 9.09. The molecule has 0 saturated carbocycles. The van der Waals surface area contributed by atoms with Gasteiger partial charge in [-0.25, -0.2) is 0 Å². The van der Waals surface area contributed by atoms with Crippen molar-refractivity contribution in [3.05, 3.63) is 0 Å². The molecule has 0 aromatic heterocycles. The first-order valence-electron chi connectivity index (χ1n) is 5.22. The van der Waals surface area contributed by atoms with Crippen LogP contribution in [0.2, 0.25) is 0 Å². The van der Waals surface area contributed by atoms with E-state index in [9.17, 15) is 15.3 Å². The predicted octanol–water partition coefficient (Wildman–Crippen LogP) is -3.84. The van der Waals surface area contributed by atoms with Gasteiger partial charge < -0.3 is 40.1 Å². The third-order valence-corrected chi connectivity index (χ3v) is 2.51. The Morgan fingerprint density at radius 3 is 2.24 bits per heavy atom. The Morgan fingerprint density at radius 2 is 1.71 bits per heavy atom. The summed E-state index contributed by atoms with van der Waals surface area (Å²) in [4.78, 5) is 0. The molecule has 1 rings (SSSR count). The summed E-state index contributed by atoms with van der Waals surface area (Å²) in [5.74, 6) is 0. The Morgan fingerprint density at radius 1 is 1.06 bits per heavy atom. The zero-order valence-electron chi connectivity index (χ0n) is 9.09. The summed E-state index contributed by atoms with van der Waals surface area (Å²) in [7, 11) is 0. The maximum Gasteiger partial charge on any atom is 0.186 e. The summed E-state index contributed by atoms with van der Waals surface area (Å²) in [5.41, 5.74) is 0. The van der Waals surface area contributed by atoms with Crippen molar-refractivity contribution in [3.63, 3.8) is 0 Å². The molecule has 102 valence electrons. The van der Waals surface area contributed by atoms with Gasteiger partial charge in [0.15, 0.2) is 6.29 Å². The van der Waals surface area contributed by atoms with Crippen molar-refractivity contribution in [2.45, 2.75) is 36.8 Å². The largest absolute Gasteiger partial charge is 0.394 e. The maximum atomic E-state index is 9.52. The molecule has 0 radical (unpaired) electrons. The van der Waals surface area contributed by atoms with E-state index in [1.54, 1.807) is 0 Å². The standard InChI is InChI=1S/C9H18O8/c10-1-4(12)3-16-9-8(15)7(14)6(13)5(2-11)17-9/h4-15H,1-3H2/t4-,5+,6-,7-,8+,9+/m0/s1. The molecular weight excluding hydrogens is 236 g/mol. The molecule has 17 heavy (non-hydrogen) atoms. The Hall–Kier alpha value is -0.320. The minimum Gasteiger partial charge on any atom is -0.394 e. The molecule has 6 N–H and O–H groups in total. The van der Waals surface area contributed by atoms with E-state index >= 15 is 0 Å². The van der Waals surface area contributed by atoms with Gasteiger partial charge in [0, 0.05) is 0 Å². The van der Waals surface area contributed by atoms with E-state index in [4.69, 9.17) is 24.8 Å². The first-order valence-corrected chi connectivity index (χ1v) is 5.22. The third-order valence-electron chi connectivity index (χ3n) is 2.51. The molecule has 1 aliphatic heterocycles. The summed E-state index contributed by atoms with van der Waals surface area (Å²) >= 11 is 0. The molecule has 1 fully saturated rings. The number of aliphatic hydroxyl groups excluding tert-OH is 6. The number of ether oxygens (including phenoxy) is 2. The quantitative estimate of drug-likeness (QED) is 0.293. The molecule has 8 heteroatoms. The smallest absolute Gasteiger partial charge is 0.186 e. The maximum absolute atomic E-state index is 9.52. The van der Waals surface area contributed by atoms with Crippen LogP contribution in [0.1, 0.15) is 0 Å². The normalized spacial score (nSPS) is 40.2. The molecule has 1 aliphatic rings. The number of hydrogen-bond donors (Lipinski definition) is 6. The van der Waals surface area contributed by atoms with Gasteiger partial charge in [-0.15, -0.1) is 0 Å². The Balaban J connectivity index is 2.53. The van der Waals surface area contributed by atoms with E-state index in [1.807, 2.05) is 0 Å². The molecule has 0 aromatic carbocycles. The fourth-order valence-corrected chi connectivity index (χ4v) is 1.46. The summed E-state index contributed by atoms with van der Waals surface area (Å²) in [6.45, 7) is -1.37. The van der Waals surface area contributed by atoms with Crippen molar-refractivity contribution in [3.8, 4) is 0 Å². The van der Waals surface area contributed by atoms with E-state index in [1.165, 1.54) is 0 Å². The second-order valence-corrected chi connectivity index (χ2v) is 3.87. The molecule has 0 amide bonds. The molecule has 0 unspecified atom stereocenters. The molecule has 1 heterocycles. The summed E-state index contributed by atoms with van der Waals surface area (Å²) < 4.78 is 9.93. The van der Waals surface area contributed by atoms with E-state index < -0.39 is 50.0 Å². The van der Waals surface area contributed by atoms with Crippen LogP contribution in [0.15, 0.2) is 0 Å². The molecule has 0 aromatic rings. The third kappa shape index (κ3) is 3.57. The summed E-state index contributed by atoms with van der Waals surface area (Å²) in [6.07, 6.45) is -7.94. The molecule has 0 aliphatic carbocycles. The van der Waals surface area contributed by atoms with Crippen LogP contribution < -0.4 is 0 Å². The van der Waals surface area contributed by atoms with Crippen LogP contribution in [-0.2, 0) is 9.47 Å². The van der Waals surface area contributed by atoms with E-state index in [2.05, 4.69) is 0 Å². The SMILES string of the molecule is OC[C@H](O)CO[C@@H]1O[C@H](CO)[C@H](O)[C@H](O)[C@H]1O. The van der Waals surface area contributed by atoms with Crippen LogP contribution in [0.25, 0.3) is 0 Å². The van der Waals surface area contributed by atoms with Gasteiger partial charge in [0.25, 0.3) is 0 Å². The van der Waals surface area contributed by atoms with Gasteiger partial charge in [0.2, 0.25) is 0 Å². The number of aliphatic hydroxyl groups is 6. The highest BCUT2D eigenvalue weighted by Gasteiger charge is 2.44. The number of rotatable bonds is 5. The highest BCUT2D eigenvalue weighted by atomic mass is 16.7. The lowest BCUT2D eigenvalue weighted by Gasteiger charge is -2.39. The Labute approximate surface area is 97.6 Å². The van der Waals surface area contributed by atoms with Gasteiger partial charge in [0.1, 0.15) is 30.5 Å². The molecular formula is C9H18O8. The van der Waals surface area contributed by atoms with Gasteiger partial charge >= 0.3 is 0 Å². The predicted molar refractivity (Wildman–Crippen MR) is 52.8 cm³/mol. The van der Waals surface area contributed by atoms with Crippen LogP contribution >= 0.6 is 0 Å². The number of hydrogen-bond acceptors (Lipinski definition) is 8. The van der Waals surface area contributed by atoms with Crippen molar-refractivity contribution in [1.29, 1.82) is 0 Å². The van der Waals surface area contributed by atoms with Gasteiger partial charge in [0.05, 0.1) is 19.8 Å². The first-order chi connectivity index (χ1) is 8.01. The lowest BCUT2D eigenvalue weighted by molar-refractivity contribution is -0.304. The van der Waals surface area contributed by atoms with Crippen molar-refractivity contribution in [2.75, 3.05) is 19.8 Å². The average Bonchev–Trinajstić information content (AvgIpc) is 2.34. The van der Waals surface area contributed by atoms with Crippen molar-refractivity contribution in [2.24, 2.45) is 0 Å². The molecule has 0 bridgehead atoms. The Bertz CT molecular complexity index is 223. The fraction of sp³-hybridized carbons (Fsp3) is 1.00. The monoisotopic (exact) mass is 254 g/mol. The van der Waals surface area contributed by atoms with Crippen LogP contribution in [-0.4, -0.2) is 87.3 Å². The second kappa shape index (κ2) is 6.57. The van der Waals surface area contributed by atoms with Gasteiger partial charge in [-0.3, -0.25) is 0 Å². The van der Waals surface area contributed by atoms with Crippen LogP contribution in [0.5, 0.6) is 0 Å². The first kappa shape index (κ1) is 14.7. The highest BCUT2D eigenvalue weighted by Crippen LogP contribution is 2.21. The van der Waals surface area contributed by atoms with Crippen molar-refractivity contribution >= 4 is 0 Å². The molecule has 1 saturated heterocycles. The van der Waals surface area contributed by atoms with E-state index in [0.717, 1.165) is 0 Å².